The lowest BCUT2D eigenvalue weighted by molar-refractivity contribution is -0.0453. The topological polar surface area (TPSA) is 41.9 Å². The third kappa shape index (κ3) is 1.28. The molecule has 2 aliphatic heterocycles. The molecule has 4 aliphatic rings. The molecule has 4 heteroatoms. The number of hydrogen-bond donors (Lipinski definition) is 1. The van der Waals surface area contributed by atoms with Crippen molar-refractivity contribution in [1.29, 1.82) is 0 Å². The summed E-state index contributed by atoms with van der Waals surface area (Å²) in [5.74, 6) is 0.497. The van der Waals surface area contributed by atoms with Gasteiger partial charge < -0.3 is 19.5 Å². The Kier molecular flexibility index (Phi) is 1.77. The number of piperidine rings is 1. The van der Waals surface area contributed by atoms with Gasteiger partial charge in [0.15, 0.2) is 11.5 Å². The second-order valence-corrected chi connectivity index (χ2v) is 6.80. The zero-order valence-corrected chi connectivity index (χ0v) is 12.4. The molecule has 0 saturated carbocycles. The summed E-state index contributed by atoms with van der Waals surface area (Å²) in [5.41, 5.74) is 1.41. The van der Waals surface area contributed by atoms with E-state index < -0.39 is 30.7 Å². The quantitative estimate of drug-likeness (QED) is 0.799. The van der Waals surface area contributed by atoms with Crippen LogP contribution in [0, 0.1) is 5.92 Å². The van der Waals surface area contributed by atoms with E-state index in [0.717, 1.165) is 24.1 Å². The van der Waals surface area contributed by atoms with Crippen molar-refractivity contribution in [2.24, 2.45) is 5.92 Å². The van der Waals surface area contributed by atoms with E-state index in [1.165, 1.54) is 0 Å². The van der Waals surface area contributed by atoms with E-state index in [4.69, 9.17) is 13.6 Å². The van der Waals surface area contributed by atoms with E-state index in [-0.39, 0.29) is 11.7 Å². The van der Waals surface area contributed by atoms with Crippen molar-refractivity contribution in [1.82, 2.24) is 4.90 Å². The van der Waals surface area contributed by atoms with Crippen molar-refractivity contribution >= 4 is 0 Å². The van der Waals surface area contributed by atoms with Crippen LogP contribution in [-0.4, -0.2) is 48.9 Å². The minimum atomic E-state index is -2.57. The average molecular weight is 303 g/mol. The van der Waals surface area contributed by atoms with Crippen molar-refractivity contribution in [2.75, 3.05) is 20.6 Å². The van der Waals surface area contributed by atoms with Gasteiger partial charge in [0.05, 0.1) is 11.2 Å². The molecular formula is C18H21NO3. The first-order valence-electron chi connectivity index (χ1n) is 9.76. The van der Waals surface area contributed by atoms with Crippen LogP contribution in [-0.2, 0) is 11.8 Å². The Balaban J connectivity index is 1.77. The van der Waals surface area contributed by atoms with Gasteiger partial charge in [0.2, 0.25) is 0 Å². The molecule has 0 amide bonds. The molecule has 5 atom stereocenters. The van der Waals surface area contributed by atoms with Crippen LogP contribution in [0.25, 0.3) is 0 Å². The highest BCUT2D eigenvalue weighted by Crippen LogP contribution is 2.62. The zero-order valence-electron chi connectivity index (χ0n) is 16.4. The molecule has 116 valence electrons. The van der Waals surface area contributed by atoms with Gasteiger partial charge in [0.1, 0.15) is 12.2 Å². The highest BCUT2D eigenvalue weighted by molar-refractivity contribution is 5.62. The predicted molar refractivity (Wildman–Crippen MR) is 82.5 cm³/mol. The maximum atomic E-state index is 10.6. The number of aliphatic hydroxyl groups is 1. The van der Waals surface area contributed by atoms with Crippen LogP contribution in [0.1, 0.15) is 23.0 Å². The Hall–Kier alpha value is -1.52. The smallest absolute Gasteiger partial charge is 0.165 e. The minimum absolute atomic E-state index is 0.126. The molecule has 0 radical (unpaired) electrons. The molecule has 2 bridgehead atoms. The van der Waals surface area contributed by atoms with Crippen molar-refractivity contribution in [3.63, 3.8) is 0 Å². The zero-order chi connectivity index (χ0) is 18.5. The summed E-state index contributed by atoms with van der Waals surface area (Å²) in [6, 6.07) is 2.67. The Labute approximate surface area is 135 Å². The summed E-state index contributed by atoms with van der Waals surface area (Å²) in [6.07, 6.45) is 3.64. The van der Waals surface area contributed by atoms with Crippen molar-refractivity contribution in [3.8, 4) is 11.5 Å². The fraction of sp³-hybridized carbons (Fsp3) is 0.556. The van der Waals surface area contributed by atoms with Gasteiger partial charge in [-0.25, -0.2) is 0 Å². The van der Waals surface area contributed by atoms with E-state index in [0.29, 0.717) is 12.2 Å². The van der Waals surface area contributed by atoms with E-state index in [1.807, 2.05) is 19.2 Å². The second-order valence-electron chi connectivity index (χ2n) is 6.80. The molecule has 1 saturated heterocycles. The fourth-order valence-corrected chi connectivity index (χ4v) is 5.04. The van der Waals surface area contributed by atoms with E-state index in [2.05, 4.69) is 4.90 Å². The summed E-state index contributed by atoms with van der Waals surface area (Å²) in [5, 5.41) is 10.6. The van der Waals surface area contributed by atoms with Gasteiger partial charge in [0, 0.05) is 24.3 Å². The third-order valence-electron chi connectivity index (χ3n) is 5.98. The average Bonchev–Trinajstić information content (AvgIpc) is 2.90. The number of benzene rings is 1. The van der Waals surface area contributed by atoms with Gasteiger partial charge in [0.25, 0.3) is 0 Å². The fourth-order valence-electron chi connectivity index (χ4n) is 5.04. The molecule has 2 aliphatic carbocycles. The molecular weight excluding hydrogens is 278 g/mol. The number of ether oxygens (including phenoxy) is 2. The van der Waals surface area contributed by atoms with Crippen LogP contribution in [0.15, 0.2) is 24.3 Å². The number of methoxy groups -OCH3 is 1. The Morgan fingerprint density at radius 2 is 2.41 bits per heavy atom. The summed E-state index contributed by atoms with van der Waals surface area (Å²) < 4.78 is 42.9. The first-order chi connectivity index (χ1) is 12.2. The lowest BCUT2D eigenvalue weighted by atomic mass is 9.53. The SMILES string of the molecule is [2H]C([2H])([2H])Oc1ccc2c3c1OC1C(O)C=C[C@@H]4[C@@]31CCN(C)[C@]4([2H])C2. The maximum Gasteiger partial charge on any atom is 0.165 e. The van der Waals surface area contributed by atoms with Gasteiger partial charge in [-0.1, -0.05) is 18.2 Å². The highest BCUT2D eigenvalue weighted by atomic mass is 16.5. The van der Waals surface area contributed by atoms with Crippen molar-refractivity contribution < 1.29 is 20.1 Å². The summed E-state index contributed by atoms with van der Waals surface area (Å²) in [4.78, 5) is 2.08. The van der Waals surface area contributed by atoms with Gasteiger partial charge in [-0.3, -0.25) is 0 Å². The normalized spacial score (nSPS) is 47.6. The number of likely N-dealkylation sites (tertiary alicyclic amines) is 1. The van der Waals surface area contributed by atoms with Crippen LogP contribution < -0.4 is 9.47 Å². The molecule has 1 aromatic rings. The molecule has 2 unspecified atom stereocenters. The minimum Gasteiger partial charge on any atom is -0.493 e. The van der Waals surface area contributed by atoms with Crippen LogP contribution in [0.2, 0.25) is 0 Å². The lowest BCUT2D eigenvalue weighted by Gasteiger charge is -2.56. The second kappa shape index (κ2) is 4.06. The number of aliphatic hydroxyl groups excluding tert-OH is 1. The Bertz CT molecular complexity index is 825. The maximum absolute atomic E-state index is 10.6. The molecule has 4 nitrogen and oxygen atoms in total. The number of nitrogens with zero attached hydrogens (tertiary/aromatic N) is 1. The summed E-state index contributed by atoms with van der Waals surface area (Å²) in [6.45, 7) is 0.726. The first-order valence-corrected chi connectivity index (χ1v) is 7.76. The van der Waals surface area contributed by atoms with Crippen molar-refractivity contribution in [3.05, 3.63) is 35.4 Å². The van der Waals surface area contributed by atoms with Crippen LogP contribution in [0.5, 0.6) is 11.5 Å². The monoisotopic (exact) mass is 303 g/mol. The van der Waals surface area contributed by atoms with Gasteiger partial charge in [-0.05, 0) is 38.1 Å². The van der Waals surface area contributed by atoms with Crippen LogP contribution in [0.3, 0.4) is 0 Å². The molecule has 0 aromatic heterocycles. The summed E-state index contributed by atoms with van der Waals surface area (Å²) in [7, 11) is -0.599. The van der Waals surface area contributed by atoms with Gasteiger partial charge in [-0.15, -0.1) is 0 Å². The summed E-state index contributed by atoms with van der Waals surface area (Å²) >= 11 is 0. The van der Waals surface area contributed by atoms with E-state index in [9.17, 15) is 6.48 Å². The molecule has 1 spiro atoms. The molecule has 1 fully saturated rings. The number of likely N-dealkylation sites (N-methyl/N-ethyl adjacent to an activating group) is 1. The Morgan fingerprint density at radius 1 is 1.50 bits per heavy atom. The number of hydrogen-bond acceptors (Lipinski definition) is 4. The van der Waals surface area contributed by atoms with Gasteiger partial charge in [-0.2, -0.15) is 0 Å². The molecule has 22 heavy (non-hydrogen) atoms. The molecule has 2 heterocycles. The predicted octanol–water partition coefficient (Wildman–Crippen LogP) is 1.50. The van der Waals surface area contributed by atoms with E-state index >= 15 is 0 Å². The van der Waals surface area contributed by atoms with Crippen molar-refractivity contribution in [2.45, 2.75) is 36.5 Å². The van der Waals surface area contributed by atoms with Crippen LogP contribution >= 0.6 is 0 Å². The molecule has 1 N–H and O–H groups in total. The lowest BCUT2D eigenvalue weighted by Crippen LogP contribution is -2.64. The Morgan fingerprint density at radius 3 is 3.27 bits per heavy atom. The van der Waals surface area contributed by atoms with E-state index in [1.54, 1.807) is 12.1 Å². The standard InChI is InChI=1S/C18H21NO3/c1-19-8-7-18-11-4-5-13(20)17(18)22-16-14(21-2)6-3-10(15(16)18)9-12(11)19/h3-6,11-13,17,20H,7-9H2,1-2H3/t11-,12+,13?,17?,18-/m0/s1/i2D3,12D. The highest BCUT2D eigenvalue weighted by Gasteiger charge is 2.64. The number of rotatable bonds is 1. The van der Waals surface area contributed by atoms with Gasteiger partial charge >= 0.3 is 0 Å². The largest absolute Gasteiger partial charge is 0.493 e. The molecule has 5 rings (SSSR count). The first kappa shape index (κ1) is 9.58. The van der Waals surface area contributed by atoms with Crippen LogP contribution in [0.4, 0.5) is 0 Å². The molecule has 1 aromatic carbocycles. The third-order valence-corrected chi connectivity index (χ3v) is 5.98.